The Balaban J connectivity index is 0.000000114. The zero-order valence-electron chi connectivity index (χ0n) is 69.7. The molecule has 0 aliphatic heterocycles. The Kier molecular flexibility index (Phi) is 21.7. The van der Waals surface area contributed by atoms with Gasteiger partial charge in [0.05, 0.1) is 0 Å². The molecule has 119 heavy (non-hydrogen) atoms. The molecular formula is C115H100N4. The third kappa shape index (κ3) is 15.7. The van der Waals surface area contributed by atoms with E-state index in [0.29, 0.717) is 0 Å². The third-order valence-corrected chi connectivity index (χ3v) is 24.9. The molecule has 0 aromatic heterocycles. The Hall–Kier alpha value is -14.1. The highest BCUT2D eigenvalue weighted by atomic mass is 15.1. The SMILES string of the molecule is CN(c1ccc(-c2ccccc2)cc1)c1ccc(-c2ccc(-c3ccccc3)cc2)cc1.CN(c1ccc(-c2ccccc2)cc1)c1ccc(-c2ccccc2)cc1.CN(c1ccc(-c2ccccc2)cc1)c1ccc2c(c1)C(C)(C)c1ccccc1-2.CN(c1ccc2c(c1)C(C)(C)c1ccccc1-2)c1ccc2c(c1)C(C)(C)c1ccccc1-2. The lowest BCUT2D eigenvalue weighted by atomic mass is 9.82. The van der Waals surface area contributed by atoms with Gasteiger partial charge in [0.1, 0.15) is 0 Å². The molecule has 17 aromatic carbocycles. The average Bonchev–Trinajstić information content (AvgIpc) is 1.59. The van der Waals surface area contributed by atoms with E-state index in [1.54, 1.807) is 0 Å². The van der Waals surface area contributed by atoms with E-state index >= 15 is 0 Å². The van der Waals surface area contributed by atoms with Crippen LogP contribution in [0.2, 0.25) is 0 Å². The molecule has 0 heterocycles. The van der Waals surface area contributed by atoms with Crippen LogP contribution in [0.25, 0.3) is 100 Å². The lowest BCUT2D eigenvalue weighted by Gasteiger charge is -2.27. The molecule has 0 saturated heterocycles. The number of hydrogen-bond acceptors (Lipinski definition) is 4. The molecule has 17 aromatic rings. The monoisotopic (exact) mass is 1540 g/mol. The minimum Gasteiger partial charge on any atom is -0.345 e. The van der Waals surface area contributed by atoms with Crippen molar-refractivity contribution in [2.75, 3.05) is 47.8 Å². The first kappa shape index (κ1) is 77.5. The van der Waals surface area contributed by atoms with Crippen molar-refractivity contribution in [1.29, 1.82) is 0 Å². The minimum atomic E-state index is 0.0182. The van der Waals surface area contributed by atoms with Crippen LogP contribution < -0.4 is 19.6 Å². The van der Waals surface area contributed by atoms with E-state index < -0.39 is 0 Å². The fourth-order valence-corrected chi connectivity index (χ4v) is 17.7. The van der Waals surface area contributed by atoms with Crippen LogP contribution in [0.15, 0.2) is 425 Å². The summed E-state index contributed by atoms with van der Waals surface area (Å²) in [5.74, 6) is 0. The Morgan fingerprint density at radius 1 is 0.134 bits per heavy atom. The summed E-state index contributed by atoms with van der Waals surface area (Å²) in [6.07, 6.45) is 0. The topological polar surface area (TPSA) is 13.0 Å². The molecule has 3 aliphatic rings. The quantitative estimate of drug-likeness (QED) is 0.108. The molecule has 0 fully saturated rings. The first-order chi connectivity index (χ1) is 57.9. The van der Waals surface area contributed by atoms with Gasteiger partial charge in [0.2, 0.25) is 0 Å². The number of rotatable bonds is 14. The van der Waals surface area contributed by atoms with Gasteiger partial charge >= 0.3 is 0 Å². The van der Waals surface area contributed by atoms with Crippen LogP contribution in [0.1, 0.15) is 74.9 Å². The maximum Gasteiger partial charge on any atom is 0.0411 e. The van der Waals surface area contributed by atoms with E-state index in [4.69, 9.17) is 0 Å². The summed E-state index contributed by atoms with van der Waals surface area (Å²) in [5.41, 5.74) is 41.2. The molecule has 3 aliphatic carbocycles. The average molecular weight is 1540 g/mol. The maximum atomic E-state index is 2.39. The van der Waals surface area contributed by atoms with Crippen molar-refractivity contribution in [2.24, 2.45) is 0 Å². The molecule has 0 N–H and O–H groups in total. The first-order valence-corrected chi connectivity index (χ1v) is 41.5. The molecule has 20 rings (SSSR count). The molecule has 4 heteroatoms. The Morgan fingerprint density at radius 2 is 0.277 bits per heavy atom. The Morgan fingerprint density at radius 3 is 0.487 bits per heavy atom. The van der Waals surface area contributed by atoms with Crippen LogP contribution in [0.5, 0.6) is 0 Å². The van der Waals surface area contributed by atoms with Gasteiger partial charge in [-0.25, -0.2) is 0 Å². The molecule has 4 nitrogen and oxygen atoms in total. The summed E-state index contributed by atoms with van der Waals surface area (Å²) in [6, 6.07) is 152. The van der Waals surface area contributed by atoms with Gasteiger partial charge in [-0.3, -0.25) is 0 Å². The van der Waals surface area contributed by atoms with Gasteiger partial charge in [-0.2, -0.15) is 0 Å². The van der Waals surface area contributed by atoms with Crippen molar-refractivity contribution in [1.82, 2.24) is 0 Å². The highest BCUT2D eigenvalue weighted by molar-refractivity contribution is 5.88. The zero-order valence-corrected chi connectivity index (χ0v) is 69.7. The van der Waals surface area contributed by atoms with Crippen LogP contribution in [0.4, 0.5) is 45.5 Å². The summed E-state index contributed by atoms with van der Waals surface area (Å²) in [5, 5.41) is 0. The van der Waals surface area contributed by atoms with Crippen molar-refractivity contribution in [3.63, 3.8) is 0 Å². The summed E-state index contributed by atoms with van der Waals surface area (Å²) < 4.78 is 0. The maximum absolute atomic E-state index is 2.39. The van der Waals surface area contributed by atoms with E-state index in [2.05, 4.69) is 490 Å². The summed E-state index contributed by atoms with van der Waals surface area (Å²) in [7, 11) is 8.55. The molecule has 0 amide bonds. The van der Waals surface area contributed by atoms with Gasteiger partial charge < -0.3 is 19.6 Å². The molecule has 0 spiro atoms. The zero-order chi connectivity index (χ0) is 81.8. The number of nitrogens with zero attached hydrogens (tertiary/aromatic N) is 4. The lowest BCUT2D eigenvalue weighted by Crippen LogP contribution is -2.17. The predicted molar refractivity (Wildman–Crippen MR) is 509 cm³/mol. The van der Waals surface area contributed by atoms with Crippen molar-refractivity contribution >= 4 is 45.5 Å². The Bertz CT molecular complexity index is 6170. The molecule has 0 radical (unpaired) electrons. The molecule has 0 atom stereocenters. The van der Waals surface area contributed by atoms with Gasteiger partial charge in [-0.1, -0.05) is 369 Å². The van der Waals surface area contributed by atoms with Crippen molar-refractivity contribution in [3.05, 3.63) is 458 Å². The lowest BCUT2D eigenvalue weighted by molar-refractivity contribution is 0.659. The second-order valence-electron chi connectivity index (χ2n) is 33.1. The highest BCUT2D eigenvalue weighted by Gasteiger charge is 2.38. The first-order valence-electron chi connectivity index (χ1n) is 41.5. The predicted octanol–water partition coefficient (Wildman–Crippen LogP) is 30.7. The van der Waals surface area contributed by atoms with Crippen molar-refractivity contribution in [2.45, 2.75) is 57.8 Å². The van der Waals surface area contributed by atoms with Crippen LogP contribution >= 0.6 is 0 Å². The number of anilines is 8. The molecule has 0 unspecified atom stereocenters. The van der Waals surface area contributed by atoms with E-state index in [1.165, 1.54) is 179 Å². The van der Waals surface area contributed by atoms with Crippen molar-refractivity contribution < 1.29 is 0 Å². The summed E-state index contributed by atoms with van der Waals surface area (Å²) >= 11 is 0. The van der Waals surface area contributed by atoms with Gasteiger partial charge in [0.25, 0.3) is 0 Å². The molecule has 0 bridgehead atoms. The summed E-state index contributed by atoms with van der Waals surface area (Å²) in [4.78, 5) is 9.04. The van der Waals surface area contributed by atoms with Crippen LogP contribution in [0.3, 0.4) is 0 Å². The van der Waals surface area contributed by atoms with Gasteiger partial charge in [0, 0.05) is 89.9 Å². The minimum absolute atomic E-state index is 0.0182. The normalized spacial score (nSPS) is 12.8. The number of hydrogen-bond donors (Lipinski definition) is 0. The largest absolute Gasteiger partial charge is 0.345 e. The van der Waals surface area contributed by atoms with Crippen LogP contribution in [0, 0.1) is 0 Å². The second-order valence-corrected chi connectivity index (χ2v) is 33.1. The van der Waals surface area contributed by atoms with Crippen LogP contribution in [-0.2, 0) is 16.2 Å². The Labute approximate surface area is 704 Å². The van der Waals surface area contributed by atoms with E-state index in [9.17, 15) is 0 Å². The molecular weight excluding hydrogens is 1440 g/mol. The van der Waals surface area contributed by atoms with E-state index in [-0.39, 0.29) is 16.2 Å². The van der Waals surface area contributed by atoms with E-state index in [0.717, 1.165) is 0 Å². The van der Waals surface area contributed by atoms with E-state index in [1.807, 2.05) is 24.3 Å². The second kappa shape index (κ2) is 33.3. The molecule has 0 saturated carbocycles. The number of fused-ring (bicyclic) bond motifs is 9. The van der Waals surface area contributed by atoms with Gasteiger partial charge in [-0.05, 0) is 231 Å². The smallest absolute Gasteiger partial charge is 0.0411 e. The fraction of sp³-hybridized carbons (Fsp3) is 0.113. The van der Waals surface area contributed by atoms with Gasteiger partial charge in [-0.15, -0.1) is 0 Å². The standard InChI is InChI=1S/C31H29N.C31H25N.C28H25N.C25H21N/c1-30(2)26-12-8-6-10-22(26)24-16-14-20(18-28(24)30)32(5)21-15-17-25-23-11-7-9-13-27(23)31(3,4)29(25)19-21;1-32(30-20-16-28(17-21-30)25-10-6-3-7-11-25)31-22-18-29(19-23-31)27-14-12-26(13-15-27)24-8-4-2-5-9-24;1-28(2)26-12-8-7-11-24(26)25-18-17-23(19-27(25)28)29(3)22-15-13-21(14-16-22)20-9-5-4-6-10-20;1-26(24-16-12-22(13-17-24)20-8-4-2-5-9-20)25-18-14-23(15-19-25)21-10-6-3-7-11-21/h6-19H,1-5H3;2-23H,1H3;4-19H,1-3H3;2-19H,1H3. The molecule has 580 valence electrons. The number of benzene rings is 17. The fourth-order valence-electron chi connectivity index (χ4n) is 17.7. The third-order valence-electron chi connectivity index (χ3n) is 24.9. The summed E-state index contributed by atoms with van der Waals surface area (Å²) in [6.45, 7) is 14.0. The van der Waals surface area contributed by atoms with Crippen LogP contribution in [-0.4, -0.2) is 28.2 Å². The van der Waals surface area contributed by atoms with Gasteiger partial charge in [0.15, 0.2) is 0 Å². The van der Waals surface area contributed by atoms with Crippen molar-refractivity contribution in [3.8, 4) is 100 Å². The highest BCUT2D eigenvalue weighted by Crippen LogP contribution is 2.54.